The van der Waals surface area contributed by atoms with Gasteiger partial charge in [-0.25, -0.2) is 9.18 Å². The number of hydrogen-bond donors (Lipinski definition) is 2. The fraction of sp³-hybridized carbons (Fsp3) is 0.367. The second kappa shape index (κ2) is 14.4. The number of anilines is 1. The Morgan fingerprint density at radius 1 is 1.07 bits per heavy atom. The molecular weight excluding hydrogens is 607 g/mol. The number of likely N-dealkylation sites (N-methyl/N-ethyl adjacent to an activating group) is 1. The number of tetrazole rings is 1. The fourth-order valence-electron chi connectivity index (χ4n) is 4.39. The standard InChI is InChI=1S/C30H34ClFN8O5/c1-30(2,3)45-29(44)19-5-7-20(8-6-19)34-28(43)23(17-26(42)39-15-13-38(4)14-16-39)35-25(41)12-9-21-24(40-18-33-36-37-40)11-10-22(31)27(21)32/h5-12,18,23H,13-17H2,1-4H3,(H,34,43)(H,35,41). The largest absolute Gasteiger partial charge is 0.456 e. The van der Waals surface area contributed by atoms with E-state index in [1.807, 2.05) is 7.05 Å². The van der Waals surface area contributed by atoms with Gasteiger partial charge < -0.3 is 25.2 Å². The van der Waals surface area contributed by atoms with Gasteiger partial charge in [0.2, 0.25) is 17.7 Å². The second-order valence-electron chi connectivity index (χ2n) is 11.4. The van der Waals surface area contributed by atoms with Gasteiger partial charge in [0.25, 0.3) is 0 Å². The van der Waals surface area contributed by atoms with Crippen molar-refractivity contribution >= 4 is 47.1 Å². The molecule has 0 radical (unpaired) electrons. The molecule has 2 heterocycles. The van der Waals surface area contributed by atoms with E-state index in [1.54, 1.807) is 25.7 Å². The highest BCUT2D eigenvalue weighted by atomic mass is 35.5. The molecule has 1 fully saturated rings. The van der Waals surface area contributed by atoms with Gasteiger partial charge >= 0.3 is 5.97 Å². The van der Waals surface area contributed by atoms with Crippen LogP contribution in [0.1, 0.15) is 43.1 Å². The topological polar surface area (TPSA) is 152 Å². The zero-order valence-corrected chi connectivity index (χ0v) is 26.0. The molecule has 4 rings (SSSR count). The van der Waals surface area contributed by atoms with E-state index in [4.69, 9.17) is 16.3 Å². The predicted molar refractivity (Wildman–Crippen MR) is 164 cm³/mol. The van der Waals surface area contributed by atoms with Gasteiger partial charge in [-0.05, 0) is 80.7 Å². The van der Waals surface area contributed by atoms with E-state index in [2.05, 4.69) is 31.1 Å². The van der Waals surface area contributed by atoms with Crippen LogP contribution in [0.4, 0.5) is 10.1 Å². The lowest BCUT2D eigenvalue weighted by atomic mass is 10.1. The van der Waals surface area contributed by atoms with Crippen molar-refractivity contribution in [3.05, 3.63) is 70.8 Å². The molecule has 2 N–H and O–H groups in total. The van der Waals surface area contributed by atoms with Gasteiger partial charge in [-0.3, -0.25) is 14.4 Å². The van der Waals surface area contributed by atoms with E-state index in [9.17, 15) is 23.6 Å². The van der Waals surface area contributed by atoms with Crippen LogP contribution in [0.3, 0.4) is 0 Å². The molecule has 1 unspecified atom stereocenters. The summed E-state index contributed by atoms with van der Waals surface area (Å²) in [6.07, 6.45) is 3.15. The van der Waals surface area contributed by atoms with Gasteiger partial charge in [-0.2, -0.15) is 4.68 Å². The number of aromatic nitrogens is 4. The first kappa shape index (κ1) is 33.2. The molecule has 45 heavy (non-hydrogen) atoms. The minimum atomic E-state index is -1.27. The highest BCUT2D eigenvalue weighted by molar-refractivity contribution is 6.31. The van der Waals surface area contributed by atoms with Crippen LogP contribution in [0.5, 0.6) is 0 Å². The second-order valence-corrected chi connectivity index (χ2v) is 11.8. The summed E-state index contributed by atoms with van der Waals surface area (Å²) in [6.45, 7) is 7.59. The van der Waals surface area contributed by atoms with Crippen molar-refractivity contribution in [1.29, 1.82) is 0 Å². The lowest BCUT2D eigenvalue weighted by Gasteiger charge is -2.33. The molecule has 0 aliphatic carbocycles. The van der Waals surface area contributed by atoms with Crippen molar-refractivity contribution in [2.45, 2.75) is 38.8 Å². The van der Waals surface area contributed by atoms with Crippen LogP contribution in [-0.4, -0.2) is 98.6 Å². The van der Waals surface area contributed by atoms with Crippen molar-refractivity contribution in [2.24, 2.45) is 0 Å². The van der Waals surface area contributed by atoms with E-state index in [0.29, 0.717) is 31.9 Å². The van der Waals surface area contributed by atoms with Crippen LogP contribution < -0.4 is 10.6 Å². The summed E-state index contributed by atoms with van der Waals surface area (Å²) < 4.78 is 21.5. The maximum atomic E-state index is 15.0. The van der Waals surface area contributed by atoms with Crippen molar-refractivity contribution < 1.29 is 28.3 Å². The molecule has 15 heteroatoms. The van der Waals surface area contributed by atoms with Crippen LogP contribution in [0, 0.1) is 5.82 Å². The lowest BCUT2D eigenvalue weighted by Crippen LogP contribution is -2.51. The molecule has 0 saturated carbocycles. The van der Waals surface area contributed by atoms with Crippen LogP contribution in [0.15, 0.2) is 48.8 Å². The number of carbonyl (C=O) groups excluding carboxylic acids is 4. The Balaban J connectivity index is 1.51. The Morgan fingerprint density at radius 3 is 2.38 bits per heavy atom. The number of piperazine rings is 1. The average molecular weight is 641 g/mol. The molecule has 1 aliphatic heterocycles. The number of halogens is 2. The summed E-state index contributed by atoms with van der Waals surface area (Å²) in [5.74, 6) is -3.05. The van der Waals surface area contributed by atoms with E-state index in [-0.39, 0.29) is 34.2 Å². The number of carbonyl (C=O) groups is 4. The first-order valence-electron chi connectivity index (χ1n) is 14.1. The molecule has 238 valence electrons. The van der Waals surface area contributed by atoms with E-state index >= 15 is 0 Å². The zero-order chi connectivity index (χ0) is 32.7. The van der Waals surface area contributed by atoms with Gasteiger partial charge in [-0.15, -0.1) is 5.10 Å². The summed E-state index contributed by atoms with van der Waals surface area (Å²) >= 11 is 5.97. The molecule has 2 aromatic carbocycles. The van der Waals surface area contributed by atoms with Gasteiger partial charge in [0.05, 0.1) is 22.7 Å². The van der Waals surface area contributed by atoms with Crippen molar-refractivity contribution in [3.8, 4) is 5.69 Å². The van der Waals surface area contributed by atoms with E-state index in [1.165, 1.54) is 53.5 Å². The average Bonchev–Trinajstić information content (AvgIpc) is 3.52. The van der Waals surface area contributed by atoms with Crippen LogP contribution >= 0.6 is 11.6 Å². The van der Waals surface area contributed by atoms with Crippen LogP contribution in [-0.2, 0) is 19.1 Å². The normalized spacial score (nSPS) is 14.7. The summed E-state index contributed by atoms with van der Waals surface area (Å²) in [6, 6.07) is 7.56. The number of esters is 1. The minimum absolute atomic E-state index is 0.0652. The summed E-state index contributed by atoms with van der Waals surface area (Å²) in [5.41, 5.74) is 0.108. The summed E-state index contributed by atoms with van der Waals surface area (Å²) in [5, 5.41) is 15.9. The van der Waals surface area contributed by atoms with Gasteiger partial charge in [0.15, 0.2) is 5.82 Å². The van der Waals surface area contributed by atoms with Crippen molar-refractivity contribution in [2.75, 3.05) is 38.5 Å². The summed E-state index contributed by atoms with van der Waals surface area (Å²) in [7, 11) is 1.95. The molecule has 1 saturated heterocycles. The maximum Gasteiger partial charge on any atom is 0.338 e. The third-order valence-corrected chi connectivity index (χ3v) is 7.05. The molecule has 1 atom stereocenters. The molecule has 13 nitrogen and oxygen atoms in total. The Morgan fingerprint density at radius 2 is 1.76 bits per heavy atom. The third-order valence-electron chi connectivity index (χ3n) is 6.76. The number of rotatable bonds is 9. The summed E-state index contributed by atoms with van der Waals surface area (Å²) in [4.78, 5) is 55.7. The Labute approximate surface area is 264 Å². The van der Waals surface area contributed by atoms with Gasteiger partial charge in [-0.1, -0.05) is 11.6 Å². The minimum Gasteiger partial charge on any atom is -0.456 e. The first-order valence-corrected chi connectivity index (χ1v) is 14.5. The van der Waals surface area contributed by atoms with Crippen LogP contribution in [0.2, 0.25) is 5.02 Å². The van der Waals surface area contributed by atoms with Crippen LogP contribution in [0.25, 0.3) is 11.8 Å². The molecule has 3 aromatic rings. The predicted octanol–water partition coefficient (Wildman–Crippen LogP) is 2.71. The fourth-order valence-corrected chi connectivity index (χ4v) is 4.55. The molecular formula is C30H34ClFN8O5. The van der Waals surface area contributed by atoms with Gasteiger partial charge in [0.1, 0.15) is 18.0 Å². The molecule has 3 amide bonds. The quantitative estimate of drug-likeness (QED) is 0.266. The number of hydrogen-bond acceptors (Lipinski definition) is 9. The smallest absolute Gasteiger partial charge is 0.338 e. The molecule has 1 aromatic heterocycles. The number of benzene rings is 2. The maximum absolute atomic E-state index is 15.0. The molecule has 1 aliphatic rings. The highest BCUT2D eigenvalue weighted by Gasteiger charge is 2.28. The first-order chi connectivity index (χ1) is 21.3. The molecule has 0 spiro atoms. The number of ether oxygens (including phenoxy) is 1. The number of nitrogens with zero attached hydrogens (tertiary/aromatic N) is 6. The lowest BCUT2D eigenvalue weighted by molar-refractivity contribution is -0.135. The van der Waals surface area contributed by atoms with Gasteiger partial charge in [0, 0.05) is 43.5 Å². The molecule has 0 bridgehead atoms. The highest BCUT2D eigenvalue weighted by Crippen LogP contribution is 2.25. The Kier molecular flexibility index (Phi) is 10.6. The van der Waals surface area contributed by atoms with Crippen molar-refractivity contribution in [1.82, 2.24) is 35.3 Å². The monoisotopic (exact) mass is 640 g/mol. The number of nitrogens with one attached hydrogen (secondary N) is 2. The SMILES string of the molecule is CN1CCN(C(=O)CC(NC(=O)C=Cc2c(-n3cnnn3)ccc(Cl)c2F)C(=O)Nc2ccc(C(=O)OC(C)(C)C)cc2)CC1. The Bertz CT molecular complexity index is 1570. The third kappa shape index (κ3) is 9.16. The van der Waals surface area contributed by atoms with Crippen molar-refractivity contribution in [3.63, 3.8) is 0 Å². The Hall–Kier alpha value is -4.69. The van der Waals surface area contributed by atoms with E-state index in [0.717, 1.165) is 6.08 Å². The zero-order valence-electron chi connectivity index (χ0n) is 25.3. The number of amides is 3. The van der Waals surface area contributed by atoms with E-state index < -0.39 is 35.2 Å².